The molecular formula is C13H19F3N4S. The summed E-state index contributed by atoms with van der Waals surface area (Å²) in [6, 6.07) is 0.429. The molecule has 1 aromatic heterocycles. The van der Waals surface area contributed by atoms with Crippen molar-refractivity contribution in [2.75, 3.05) is 7.05 Å². The van der Waals surface area contributed by atoms with E-state index in [1.165, 1.54) is 6.42 Å². The van der Waals surface area contributed by atoms with E-state index in [1.54, 1.807) is 7.05 Å². The van der Waals surface area contributed by atoms with E-state index < -0.39 is 11.9 Å². The summed E-state index contributed by atoms with van der Waals surface area (Å²) in [6.07, 6.45) is -0.898. The van der Waals surface area contributed by atoms with Gasteiger partial charge in [-0.1, -0.05) is 13.3 Å². The molecule has 0 amide bonds. The Labute approximate surface area is 125 Å². The van der Waals surface area contributed by atoms with E-state index in [4.69, 9.17) is 0 Å². The van der Waals surface area contributed by atoms with E-state index in [9.17, 15) is 13.2 Å². The third-order valence-electron chi connectivity index (χ3n) is 3.38. The minimum absolute atomic E-state index is 0.242. The van der Waals surface area contributed by atoms with Crippen molar-refractivity contribution in [1.82, 2.24) is 15.6 Å². The summed E-state index contributed by atoms with van der Waals surface area (Å²) in [5.74, 6) is 1.30. The lowest BCUT2D eigenvalue weighted by atomic mass is 10.2. The molecule has 21 heavy (non-hydrogen) atoms. The molecule has 0 spiro atoms. The smallest absolute Gasteiger partial charge is 0.353 e. The van der Waals surface area contributed by atoms with Gasteiger partial charge >= 0.3 is 6.18 Å². The lowest BCUT2D eigenvalue weighted by Crippen LogP contribution is -2.38. The molecular weight excluding hydrogens is 301 g/mol. The first-order valence-corrected chi connectivity index (χ1v) is 7.80. The number of hydrogen-bond donors (Lipinski definition) is 2. The van der Waals surface area contributed by atoms with Crippen LogP contribution in [-0.4, -0.2) is 24.0 Å². The van der Waals surface area contributed by atoms with Crippen molar-refractivity contribution in [3.8, 4) is 0 Å². The number of alkyl halides is 3. The van der Waals surface area contributed by atoms with E-state index in [-0.39, 0.29) is 6.54 Å². The predicted molar refractivity (Wildman–Crippen MR) is 77.3 cm³/mol. The Bertz CT molecular complexity index is 498. The Morgan fingerprint density at radius 1 is 1.52 bits per heavy atom. The van der Waals surface area contributed by atoms with Gasteiger partial charge in [0.2, 0.25) is 0 Å². The van der Waals surface area contributed by atoms with Crippen LogP contribution in [0, 0.1) is 5.92 Å². The van der Waals surface area contributed by atoms with E-state index in [0.717, 1.165) is 29.6 Å². The average Bonchev–Trinajstić information content (AvgIpc) is 2.96. The molecule has 4 nitrogen and oxygen atoms in total. The van der Waals surface area contributed by atoms with Crippen LogP contribution in [0.25, 0.3) is 0 Å². The third kappa shape index (κ3) is 4.59. The molecule has 8 heteroatoms. The first kappa shape index (κ1) is 16.1. The van der Waals surface area contributed by atoms with Gasteiger partial charge in [-0.05, 0) is 18.8 Å². The summed E-state index contributed by atoms with van der Waals surface area (Å²) in [5.41, 5.74) is -0.836. The van der Waals surface area contributed by atoms with Gasteiger partial charge in [-0.25, -0.2) is 4.98 Å². The Hall–Kier alpha value is -1.31. The fraction of sp³-hybridized carbons (Fsp3) is 0.692. The Morgan fingerprint density at radius 3 is 2.86 bits per heavy atom. The first-order chi connectivity index (χ1) is 9.94. The van der Waals surface area contributed by atoms with Crippen LogP contribution in [0.3, 0.4) is 0 Å². The number of nitrogens with one attached hydrogen (secondary N) is 2. The van der Waals surface area contributed by atoms with Gasteiger partial charge in [-0.2, -0.15) is 13.2 Å². The van der Waals surface area contributed by atoms with Crippen LogP contribution >= 0.6 is 11.3 Å². The lowest BCUT2D eigenvalue weighted by Gasteiger charge is -2.10. The maximum Gasteiger partial charge on any atom is 0.434 e. The summed E-state index contributed by atoms with van der Waals surface area (Å²) in [7, 11) is 1.65. The number of nitrogens with zero attached hydrogens (tertiary/aromatic N) is 2. The Morgan fingerprint density at radius 2 is 2.29 bits per heavy atom. The van der Waals surface area contributed by atoms with Crippen LogP contribution in [0.4, 0.5) is 13.2 Å². The highest BCUT2D eigenvalue weighted by molar-refractivity contribution is 7.09. The number of rotatable bonds is 5. The second-order valence-electron chi connectivity index (χ2n) is 5.09. The van der Waals surface area contributed by atoms with Gasteiger partial charge in [0.1, 0.15) is 5.01 Å². The molecule has 1 saturated carbocycles. The van der Waals surface area contributed by atoms with Crippen LogP contribution in [0.1, 0.15) is 36.9 Å². The maximum atomic E-state index is 12.4. The zero-order valence-electron chi connectivity index (χ0n) is 12.0. The minimum Gasteiger partial charge on any atom is -0.353 e. The number of aromatic nitrogens is 1. The summed E-state index contributed by atoms with van der Waals surface area (Å²) < 4.78 is 37.3. The van der Waals surface area contributed by atoms with Crippen molar-refractivity contribution in [3.63, 3.8) is 0 Å². The zero-order chi connectivity index (χ0) is 15.5. The Kier molecular flexibility index (Phi) is 5.08. The number of halogens is 3. The monoisotopic (exact) mass is 320 g/mol. The molecule has 1 heterocycles. The molecule has 0 bridgehead atoms. The van der Waals surface area contributed by atoms with Crippen molar-refractivity contribution in [1.29, 1.82) is 0 Å². The van der Waals surface area contributed by atoms with Crippen LogP contribution in [-0.2, 0) is 12.7 Å². The second kappa shape index (κ2) is 6.64. The minimum atomic E-state index is -4.38. The van der Waals surface area contributed by atoms with Gasteiger partial charge in [-0.15, -0.1) is 11.3 Å². The Balaban J connectivity index is 1.80. The second-order valence-corrected chi connectivity index (χ2v) is 6.03. The molecule has 1 aromatic rings. The summed E-state index contributed by atoms with van der Waals surface area (Å²) in [5, 5.41) is 7.71. The van der Waals surface area contributed by atoms with E-state index in [0.29, 0.717) is 22.9 Å². The summed E-state index contributed by atoms with van der Waals surface area (Å²) in [6.45, 7) is 2.40. The van der Waals surface area contributed by atoms with Gasteiger partial charge in [-0.3, -0.25) is 4.99 Å². The van der Waals surface area contributed by atoms with Gasteiger partial charge in [0.25, 0.3) is 0 Å². The van der Waals surface area contributed by atoms with Crippen molar-refractivity contribution < 1.29 is 13.2 Å². The summed E-state index contributed by atoms with van der Waals surface area (Å²) >= 11 is 0.996. The quantitative estimate of drug-likeness (QED) is 0.648. The lowest BCUT2D eigenvalue weighted by molar-refractivity contribution is -0.140. The van der Waals surface area contributed by atoms with Crippen LogP contribution in [0.5, 0.6) is 0 Å². The molecule has 0 saturated heterocycles. The van der Waals surface area contributed by atoms with Crippen LogP contribution in [0.15, 0.2) is 10.4 Å². The average molecular weight is 320 g/mol. The fourth-order valence-corrected chi connectivity index (χ4v) is 2.91. The normalized spacial score (nSPS) is 22.2. The molecule has 0 aliphatic heterocycles. The van der Waals surface area contributed by atoms with Gasteiger partial charge < -0.3 is 10.6 Å². The molecule has 0 radical (unpaired) electrons. The number of thiazole rings is 1. The topological polar surface area (TPSA) is 49.3 Å². The molecule has 2 unspecified atom stereocenters. The van der Waals surface area contributed by atoms with Gasteiger partial charge in [0.05, 0.1) is 6.54 Å². The molecule has 2 atom stereocenters. The maximum absolute atomic E-state index is 12.4. The van der Waals surface area contributed by atoms with Crippen molar-refractivity contribution in [2.45, 2.75) is 44.9 Å². The zero-order valence-corrected chi connectivity index (χ0v) is 12.8. The van der Waals surface area contributed by atoms with Crippen LogP contribution in [0.2, 0.25) is 0 Å². The number of hydrogen-bond acceptors (Lipinski definition) is 3. The SMILES string of the molecule is CCCC1CC1NC(=NC)NCc1nc(C(F)(F)F)cs1. The first-order valence-electron chi connectivity index (χ1n) is 6.92. The third-order valence-corrected chi connectivity index (χ3v) is 4.23. The van der Waals surface area contributed by atoms with E-state index >= 15 is 0 Å². The molecule has 1 aliphatic rings. The highest BCUT2D eigenvalue weighted by Gasteiger charge is 2.36. The molecule has 118 valence electrons. The highest BCUT2D eigenvalue weighted by atomic mass is 32.1. The molecule has 1 fully saturated rings. The van der Waals surface area contributed by atoms with Gasteiger partial charge in [0, 0.05) is 18.5 Å². The fourth-order valence-electron chi connectivity index (χ4n) is 2.17. The van der Waals surface area contributed by atoms with Crippen molar-refractivity contribution >= 4 is 17.3 Å². The van der Waals surface area contributed by atoms with Gasteiger partial charge in [0.15, 0.2) is 11.7 Å². The molecule has 1 aliphatic carbocycles. The van der Waals surface area contributed by atoms with Crippen LogP contribution < -0.4 is 10.6 Å². The predicted octanol–water partition coefficient (Wildman–Crippen LogP) is 3.02. The molecule has 2 rings (SSSR count). The number of guanidine groups is 1. The van der Waals surface area contributed by atoms with E-state index in [1.807, 2.05) is 0 Å². The number of aliphatic imine (C=N–C) groups is 1. The van der Waals surface area contributed by atoms with Crippen molar-refractivity contribution in [3.05, 3.63) is 16.1 Å². The molecule has 2 N–H and O–H groups in total. The highest BCUT2D eigenvalue weighted by Crippen LogP contribution is 2.34. The van der Waals surface area contributed by atoms with Crippen molar-refractivity contribution in [2.24, 2.45) is 10.9 Å². The largest absolute Gasteiger partial charge is 0.434 e. The van der Waals surface area contributed by atoms with E-state index in [2.05, 4.69) is 27.5 Å². The molecule has 0 aromatic carbocycles. The summed E-state index contributed by atoms with van der Waals surface area (Å²) in [4.78, 5) is 7.66. The standard InChI is InChI=1S/C13H19F3N4S/c1-3-4-8-5-9(8)19-12(17-2)18-6-11-20-10(7-21-11)13(14,15)16/h7-9H,3-6H2,1-2H3,(H2,17,18,19).